The Bertz CT molecular complexity index is 598. The van der Waals surface area contributed by atoms with E-state index in [0.717, 1.165) is 24.2 Å². The fraction of sp³-hybridized carbons (Fsp3) is 0.333. The minimum absolute atomic E-state index is 0. The molecule has 7 heteroatoms. The van der Waals surface area contributed by atoms with Crippen LogP contribution in [0.2, 0.25) is 0 Å². The first kappa shape index (κ1) is 18.1. The van der Waals surface area contributed by atoms with Gasteiger partial charge in [-0.2, -0.15) is 5.10 Å². The van der Waals surface area contributed by atoms with Crippen molar-refractivity contribution in [3.8, 4) is 17.1 Å². The fourth-order valence-corrected chi connectivity index (χ4v) is 1.78. The molecule has 2 rings (SSSR count). The largest absolute Gasteiger partial charge is 0.489 e. The summed E-state index contributed by atoms with van der Waals surface area (Å²) >= 11 is 0. The van der Waals surface area contributed by atoms with Crippen molar-refractivity contribution in [2.75, 3.05) is 13.2 Å². The first-order chi connectivity index (χ1) is 10.3. The summed E-state index contributed by atoms with van der Waals surface area (Å²) in [5.41, 5.74) is 6.68. The van der Waals surface area contributed by atoms with E-state index >= 15 is 0 Å². The van der Waals surface area contributed by atoms with Crippen molar-refractivity contribution in [3.05, 3.63) is 42.0 Å². The predicted octanol–water partition coefficient (Wildman–Crippen LogP) is 3.04. The molecular formula is C15H20ClFN4O. The summed E-state index contributed by atoms with van der Waals surface area (Å²) in [6, 6.07) is 7.35. The summed E-state index contributed by atoms with van der Waals surface area (Å²) in [5.74, 6) is 2.20. The molecule has 0 saturated heterocycles. The van der Waals surface area contributed by atoms with E-state index in [1.165, 1.54) is 0 Å². The van der Waals surface area contributed by atoms with Crippen LogP contribution in [0.4, 0.5) is 4.39 Å². The minimum atomic E-state index is 0. The third-order valence-electron chi connectivity index (χ3n) is 2.97. The molecule has 0 unspecified atom stereocenters. The molecule has 0 spiro atoms. The first-order valence-electron chi connectivity index (χ1n) is 6.89. The van der Waals surface area contributed by atoms with Gasteiger partial charge in [-0.1, -0.05) is 6.92 Å². The normalized spacial score (nSPS) is 11.1. The van der Waals surface area contributed by atoms with E-state index in [-0.39, 0.29) is 25.6 Å². The molecule has 22 heavy (non-hydrogen) atoms. The number of hydrogen-bond donors (Lipinski definition) is 2. The second-order valence-electron chi connectivity index (χ2n) is 4.64. The van der Waals surface area contributed by atoms with Gasteiger partial charge >= 0.3 is 0 Å². The molecule has 1 heterocycles. The molecule has 0 radical (unpaired) electrons. The topological polar surface area (TPSA) is 76.8 Å². The Morgan fingerprint density at radius 2 is 2.09 bits per heavy atom. The number of nitrogens with two attached hydrogens (primary N) is 1. The van der Waals surface area contributed by atoms with Crippen LogP contribution in [0.1, 0.15) is 19.2 Å². The maximum Gasteiger partial charge on any atom is 0.181 e. The number of halogens is 2. The van der Waals surface area contributed by atoms with Crippen molar-refractivity contribution in [3.63, 3.8) is 0 Å². The highest BCUT2D eigenvalue weighted by Crippen LogP contribution is 2.19. The van der Waals surface area contributed by atoms with Gasteiger partial charge in [-0.05, 0) is 30.7 Å². The number of aryl methyl sites for hydroxylation is 1. The Hall–Kier alpha value is -1.92. The number of aromatic nitrogens is 3. The number of benzene rings is 1. The van der Waals surface area contributed by atoms with Crippen molar-refractivity contribution in [1.29, 1.82) is 0 Å². The maximum atomic E-state index is 12.4. The van der Waals surface area contributed by atoms with Crippen molar-refractivity contribution in [1.82, 2.24) is 15.2 Å². The van der Waals surface area contributed by atoms with Gasteiger partial charge in [0.05, 0.1) is 6.33 Å². The van der Waals surface area contributed by atoms with Gasteiger partial charge in [0, 0.05) is 24.1 Å². The van der Waals surface area contributed by atoms with Gasteiger partial charge in [-0.25, -0.2) is 9.37 Å². The van der Waals surface area contributed by atoms with Gasteiger partial charge in [-0.15, -0.1) is 12.4 Å². The van der Waals surface area contributed by atoms with Crippen LogP contribution in [-0.2, 0) is 6.42 Å². The number of aromatic amines is 1. The zero-order valence-corrected chi connectivity index (χ0v) is 13.2. The van der Waals surface area contributed by atoms with Gasteiger partial charge in [0.1, 0.15) is 18.2 Å². The summed E-state index contributed by atoms with van der Waals surface area (Å²) in [6.45, 7) is 2.38. The Balaban J connectivity index is 0.00000242. The van der Waals surface area contributed by atoms with Crippen LogP contribution < -0.4 is 10.5 Å². The summed E-state index contributed by atoms with van der Waals surface area (Å²) in [5, 5.41) is 7.10. The molecule has 0 bridgehead atoms. The van der Waals surface area contributed by atoms with Crippen molar-refractivity contribution < 1.29 is 9.13 Å². The lowest BCUT2D eigenvalue weighted by Gasteiger charge is -2.07. The van der Waals surface area contributed by atoms with Crippen LogP contribution in [-0.4, -0.2) is 28.3 Å². The number of H-pyrrole nitrogens is 1. The summed E-state index contributed by atoms with van der Waals surface area (Å²) in [6.07, 6.45) is 2.38. The van der Waals surface area contributed by atoms with Crippen LogP contribution in [0, 0.1) is 0 Å². The third-order valence-corrected chi connectivity index (χ3v) is 2.97. The average Bonchev–Trinajstić information content (AvgIpc) is 2.98. The SMILES string of the molecule is CCCc1nc(-c2ccc(OC/C(=C/F)CN)cc2)n[nH]1.Cl. The predicted molar refractivity (Wildman–Crippen MR) is 86.8 cm³/mol. The molecule has 5 nitrogen and oxygen atoms in total. The quantitative estimate of drug-likeness (QED) is 0.820. The third kappa shape index (κ3) is 4.82. The van der Waals surface area contributed by atoms with Crippen LogP contribution >= 0.6 is 12.4 Å². The van der Waals surface area contributed by atoms with E-state index in [0.29, 0.717) is 23.5 Å². The number of nitrogens with zero attached hydrogens (tertiary/aromatic N) is 2. The molecule has 0 fully saturated rings. The Labute approximate surface area is 135 Å². The maximum absolute atomic E-state index is 12.4. The molecule has 0 aliphatic carbocycles. The van der Waals surface area contributed by atoms with Crippen LogP contribution in [0.3, 0.4) is 0 Å². The Morgan fingerprint density at radius 1 is 1.36 bits per heavy atom. The smallest absolute Gasteiger partial charge is 0.181 e. The van der Waals surface area contributed by atoms with Crippen LogP contribution in [0.15, 0.2) is 36.2 Å². The minimum Gasteiger partial charge on any atom is -0.489 e. The second-order valence-corrected chi connectivity index (χ2v) is 4.64. The van der Waals surface area contributed by atoms with Gasteiger partial charge in [0.2, 0.25) is 0 Å². The van der Waals surface area contributed by atoms with E-state index in [1.807, 2.05) is 12.1 Å². The van der Waals surface area contributed by atoms with Gasteiger partial charge in [-0.3, -0.25) is 5.10 Å². The Kier molecular flexibility index (Phi) is 7.56. The van der Waals surface area contributed by atoms with Gasteiger partial charge in [0.15, 0.2) is 5.82 Å². The lowest BCUT2D eigenvalue weighted by atomic mass is 10.2. The molecule has 0 atom stereocenters. The molecule has 0 aliphatic rings. The van der Waals surface area contributed by atoms with Crippen molar-refractivity contribution >= 4 is 12.4 Å². The molecule has 0 aliphatic heterocycles. The van der Waals surface area contributed by atoms with Crippen molar-refractivity contribution in [2.24, 2.45) is 5.73 Å². The second kappa shape index (κ2) is 9.17. The molecule has 3 N–H and O–H groups in total. The molecule has 120 valence electrons. The van der Waals surface area contributed by atoms with E-state index in [4.69, 9.17) is 10.5 Å². The fourth-order valence-electron chi connectivity index (χ4n) is 1.78. The average molecular weight is 327 g/mol. The van der Waals surface area contributed by atoms with Gasteiger partial charge in [0.25, 0.3) is 0 Å². The molecular weight excluding hydrogens is 307 g/mol. The van der Waals surface area contributed by atoms with E-state index < -0.39 is 0 Å². The lowest BCUT2D eigenvalue weighted by molar-refractivity contribution is 0.347. The van der Waals surface area contributed by atoms with Gasteiger partial charge < -0.3 is 10.5 Å². The highest BCUT2D eigenvalue weighted by atomic mass is 35.5. The van der Waals surface area contributed by atoms with Crippen molar-refractivity contribution in [2.45, 2.75) is 19.8 Å². The Morgan fingerprint density at radius 3 is 2.68 bits per heavy atom. The monoisotopic (exact) mass is 326 g/mol. The summed E-state index contributed by atoms with van der Waals surface area (Å²) < 4.78 is 17.8. The van der Waals surface area contributed by atoms with E-state index in [9.17, 15) is 4.39 Å². The number of ether oxygens (including phenoxy) is 1. The molecule has 1 aromatic heterocycles. The van der Waals surface area contributed by atoms with Crippen LogP contribution in [0.5, 0.6) is 5.75 Å². The summed E-state index contributed by atoms with van der Waals surface area (Å²) in [4.78, 5) is 4.42. The standard InChI is InChI=1S/C15H19FN4O.ClH/c1-2-3-14-18-15(20-19-14)12-4-6-13(7-5-12)21-10-11(8-16)9-17;/h4-8H,2-3,9-10,17H2,1H3,(H,18,19,20);1H/b11-8+;. The number of rotatable bonds is 7. The highest BCUT2D eigenvalue weighted by molar-refractivity contribution is 5.85. The van der Waals surface area contributed by atoms with E-state index in [1.54, 1.807) is 12.1 Å². The molecule has 0 amide bonds. The molecule has 1 aromatic carbocycles. The zero-order chi connectivity index (χ0) is 15.1. The van der Waals surface area contributed by atoms with Crippen LogP contribution in [0.25, 0.3) is 11.4 Å². The molecule has 2 aromatic rings. The lowest BCUT2D eigenvalue weighted by Crippen LogP contribution is -2.10. The zero-order valence-electron chi connectivity index (χ0n) is 12.4. The van der Waals surface area contributed by atoms with E-state index in [2.05, 4.69) is 22.1 Å². The summed E-state index contributed by atoms with van der Waals surface area (Å²) in [7, 11) is 0. The molecule has 0 saturated carbocycles. The highest BCUT2D eigenvalue weighted by Gasteiger charge is 2.06. The number of hydrogen-bond acceptors (Lipinski definition) is 4. The first-order valence-corrected chi connectivity index (χ1v) is 6.89. The number of nitrogens with one attached hydrogen (secondary N) is 1.